The Labute approximate surface area is 144 Å². The van der Waals surface area contributed by atoms with Crippen molar-refractivity contribution in [3.8, 4) is 0 Å². The first kappa shape index (κ1) is 15.6. The van der Waals surface area contributed by atoms with Crippen LogP contribution in [-0.4, -0.2) is 16.2 Å². The number of hydrogen-bond acceptors (Lipinski definition) is 5. The highest BCUT2D eigenvalue weighted by Crippen LogP contribution is 2.19. The van der Waals surface area contributed by atoms with Crippen LogP contribution >= 0.6 is 11.3 Å². The first-order valence-electron chi connectivity index (χ1n) is 7.48. The highest BCUT2D eigenvalue weighted by Gasteiger charge is 2.17. The zero-order valence-corrected chi connectivity index (χ0v) is 13.7. The topological polar surface area (TPSA) is 50.5 Å². The molecule has 0 radical (unpaired) electrons. The number of hydrogen-bond donors (Lipinski definition) is 0. The van der Waals surface area contributed by atoms with Gasteiger partial charge in [-0.05, 0) is 29.8 Å². The van der Waals surface area contributed by atoms with Crippen molar-refractivity contribution in [1.82, 2.24) is 9.55 Å². The maximum absolute atomic E-state index is 13.4. The first-order chi connectivity index (χ1) is 12.1. The molecule has 0 atom stereocenters. The fourth-order valence-electron chi connectivity index (χ4n) is 2.57. The second-order valence-electron chi connectivity index (χ2n) is 5.49. The summed E-state index contributed by atoms with van der Waals surface area (Å²) < 4.78 is 28.6. The van der Waals surface area contributed by atoms with Crippen LogP contribution in [-0.2, 0) is 6.67 Å². The van der Waals surface area contributed by atoms with E-state index in [-0.39, 0.29) is 18.9 Å². The Morgan fingerprint density at radius 2 is 2.08 bits per heavy atom. The Balaban J connectivity index is 1.72. The van der Waals surface area contributed by atoms with Crippen LogP contribution in [0.3, 0.4) is 0 Å². The molecule has 0 aliphatic carbocycles. The van der Waals surface area contributed by atoms with Gasteiger partial charge in [-0.25, -0.2) is 13.8 Å². The van der Waals surface area contributed by atoms with Crippen molar-refractivity contribution >= 4 is 23.1 Å². The largest absolute Gasteiger partial charge is 0.333 e. The van der Waals surface area contributed by atoms with Crippen molar-refractivity contribution in [1.29, 1.82) is 0 Å². The molecule has 0 amide bonds. The number of halogens is 2. The standard InChI is InChI=1S/C17H12F2N4OS/c18-13-4-3-12(7-14(13)19)22-9-21-17-23(10-22)16(24)15(25-17)6-11-2-1-5-20-8-11/h1-8H,9-10H2. The summed E-state index contributed by atoms with van der Waals surface area (Å²) in [5, 5.41) is 0. The van der Waals surface area contributed by atoms with E-state index >= 15 is 0 Å². The molecule has 2 aromatic heterocycles. The normalized spacial score (nSPS) is 14.3. The third-order valence-corrected chi connectivity index (χ3v) is 4.87. The summed E-state index contributed by atoms with van der Waals surface area (Å²) in [7, 11) is 0. The molecule has 5 nitrogen and oxygen atoms in total. The summed E-state index contributed by atoms with van der Waals surface area (Å²) in [6, 6.07) is 7.31. The van der Waals surface area contributed by atoms with Crippen LogP contribution in [0.25, 0.3) is 6.08 Å². The number of aromatic nitrogens is 2. The summed E-state index contributed by atoms with van der Waals surface area (Å²) in [6.07, 6.45) is 5.11. The Hall–Kier alpha value is -2.87. The van der Waals surface area contributed by atoms with E-state index in [2.05, 4.69) is 9.98 Å². The predicted octanol–water partition coefficient (Wildman–Crippen LogP) is 1.47. The van der Waals surface area contributed by atoms with Crippen LogP contribution in [0.2, 0.25) is 0 Å². The smallest absolute Gasteiger partial charge is 0.271 e. The van der Waals surface area contributed by atoms with Crippen LogP contribution in [0.5, 0.6) is 0 Å². The second kappa shape index (κ2) is 6.21. The predicted molar refractivity (Wildman–Crippen MR) is 90.9 cm³/mol. The molecule has 25 heavy (non-hydrogen) atoms. The monoisotopic (exact) mass is 358 g/mol. The number of thiazole rings is 1. The number of rotatable bonds is 2. The lowest BCUT2D eigenvalue weighted by Crippen LogP contribution is -2.42. The Kier molecular flexibility index (Phi) is 3.89. The molecule has 0 bridgehead atoms. The van der Waals surface area contributed by atoms with Crippen molar-refractivity contribution in [2.24, 2.45) is 4.99 Å². The summed E-state index contributed by atoms with van der Waals surface area (Å²) >= 11 is 1.30. The van der Waals surface area contributed by atoms with Gasteiger partial charge in [0, 0.05) is 24.1 Å². The van der Waals surface area contributed by atoms with Crippen LogP contribution in [0, 0.1) is 11.6 Å². The molecule has 1 aliphatic heterocycles. The molecular formula is C17H12F2N4OS. The van der Waals surface area contributed by atoms with Crippen LogP contribution in [0.4, 0.5) is 14.5 Å². The van der Waals surface area contributed by atoms with Gasteiger partial charge in [-0.1, -0.05) is 17.4 Å². The van der Waals surface area contributed by atoms with Crippen molar-refractivity contribution in [2.75, 3.05) is 11.6 Å². The highest BCUT2D eigenvalue weighted by molar-refractivity contribution is 7.07. The first-order valence-corrected chi connectivity index (χ1v) is 8.29. The van der Waals surface area contributed by atoms with Gasteiger partial charge in [-0.2, -0.15) is 0 Å². The van der Waals surface area contributed by atoms with E-state index in [9.17, 15) is 13.6 Å². The molecule has 1 aromatic carbocycles. The zero-order chi connectivity index (χ0) is 17.4. The minimum atomic E-state index is -0.924. The molecule has 3 heterocycles. The molecule has 8 heteroatoms. The molecule has 0 unspecified atom stereocenters. The third-order valence-electron chi connectivity index (χ3n) is 3.83. The van der Waals surface area contributed by atoms with Gasteiger partial charge < -0.3 is 4.90 Å². The summed E-state index contributed by atoms with van der Waals surface area (Å²) in [5.74, 6) is -1.83. The van der Waals surface area contributed by atoms with Crippen molar-refractivity contribution in [3.05, 3.63) is 79.6 Å². The molecule has 126 valence electrons. The average molecular weight is 358 g/mol. The van der Waals surface area contributed by atoms with Gasteiger partial charge in [0.25, 0.3) is 5.56 Å². The van der Waals surface area contributed by atoms with Crippen LogP contribution < -0.4 is 19.8 Å². The van der Waals surface area contributed by atoms with E-state index in [1.54, 1.807) is 29.4 Å². The molecule has 3 aromatic rings. The molecule has 0 saturated heterocycles. The fraction of sp³-hybridized carbons (Fsp3) is 0.118. The van der Waals surface area contributed by atoms with Gasteiger partial charge in [0.1, 0.15) is 13.3 Å². The third kappa shape index (κ3) is 2.96. The van der Waals surface area contributed by atoms with E-state index in [0.29, 0.717) is 15.0 Å². The zero-order valence-electron chi connectivity index (χ0n) is 12.9. The average Bonchev–Trinajstić information content (AvgIpc) is 2.94. The number of pyridine rings is 1. The van der Waals surface area contributed by atoms with Crippen molar-refractivity contribution in [3.63, 3.8) is 0 Å². The second-order valence-corrected chi connectivity index (χ2v) is 6.50. The van der Waals surface area contributed by atoms with Crippen molar-refractivity contribution in [2.45, 2.75) is 6.67 Å². The fourth-order valence-corrected chi connectivity index (χ4v) is 3.53. The van der Waals surface area contributed by atoms with Gasteiger partial charge in [0.15, 0.2) is 16.4 Å². The SMILES string of the molecule is O=c1c(=Cc2cccnc2)sc2n1CN(c1ccc(F)c(F)c1)CN=2. The minimum absolute atomic E-state index is 0.167. The number of anilines is 1. The van der Waals surface area contributed by atoms with Gasteiger partial charge in [0.2, 0.25) is 0 Å². The Morgan fingerprint density at radius 1 is 1.20 bits per heavy atom. The maximum Gasteiger partial charge on any atom is 0.271 e. The van der Waals surface area contributed by atoms with Crippen LogP contribution in [0.1, 0.15) is 5.56 Å². The van der Waals surface area contributed by atoms with E-state index in [0.717, 1.165) is 17.7 Å². The molecule has 0 spiro atoms. The Bertz CT molecular complexity index is 1110. The molecule has 4 rings (SSSR count). The van der Waals surface area contributed by atoms with Gasteiger partial charge in [-0.3, -0.25) is 14.3 Å². The Morgan fingerprint density at radius 3 is 2.84 bits per heavy atom. The van der Waals surface area contributed by atoms with E-state index in [4.69, 9.17) is 0 Å². The summed E-state index contributed by atoms with van der Waals surface area (Å²) in [6.45, 7) is 0.511. The molecular weight excluding hydrogens is 346 g/mol. The van der Waals surface area contributed by atoms with Gasteiger partial charge in [0.05, 0.1) is 4.53 Å². The number of nitrogens with zero attached hydrogens (tertiary/aromatic N) is 4. The molecule has 0 saturated carbocycles. The molecule has 0 N–H and O–H groups in total. The van der Waals surface area contributed by atoms with Crippen LogP contribution in [0.15, 0.2) is 52.5 Å². The highest BCUT2D eigenvalue weighted by atomic mass is 32.1. The van der Waals surface area contributed by atoms with E-state index in [1.165, 1.54) is 22.0 Å². The van der Waals surface area contributed by atoms with E-state index in [1.807, 2.05) is 6.07 Å². The lowest BCUT2D eigenvalue weighted by Gasteiger charge is -2.25. The number of benzene rings is 1. The van der Waals surface area contributed by atoms with E-state index < -0.39 is 11.6 Å². The lowest BCUT2D eigenvalue weighted by molar-refractivity contribution is 0.506. The minimum Gasteiger partial charge on any atom is -0.333 e. The quantitative estimate of drug-likeness (QED) is 0.697. The lowest BCUT2D eigenvalue weighted by atomic mass is 10.3. The summed E-state index contributed by atoms with van der Waals surface area (Å²) in [5.41, 5.74) is 1.14. The van der Waals surface area contributed by atoms with Crippen molar-refractivity contribution < 1.29 is 8.78 Å². The molecule has 0 fully saturated rings. The number of fused-ring (bicyclic) bond motifs is 1. The van der Waals surface area contributed by atoms with Gasteiger partial charge in [-0.15, -0.1) is 0 Å². The summed E-state index contributed by atoms with van der Waals surface area (Å²) in [4.78, 5) is 23.3. The van der Waals surface area contributed by atoms with Gasteiger partial charge >= 0.3 is 0 Å². The molecule has 1 aliphatic rings. The maximum atomic E-state index is 13.4.